The maximum atomic E-state index is 13.1. The molecule has 1 saturated heterocycles. The summed E-state index contributed by atoms with van der Waals surface area (Å²) in [4.78, 5) is 39.8. The summed E-state index contributed by atoms with van der Waals surface area (Å²) in [6.07, 6.45) is 6.02. The number of aromatic nitrogens is 6. The van der Waals surface area contributed by atoms with Crippen molar-refractivity contribution in [2.24, 2.45) is 17.6 Å². The fourth-order valence-corrected chi connectivity index (χ4v) is 6.60. The summed E-state index contributed by atoms with van der Waals surface area (Å²) in [6, 6.07) is 7.28. The van der Waals surface area contributed by atoms with Crippen molar-refractivity contribution < 1.29 is 19.5 Å². The number of amides is 2. The van der Waals surface area contributed by atoms with Crippen LogP contribution in [0.25, 0.3) is 11.1 Å². The van der Waals surface area contributed by atoms with Crippen LogP contribution in [-0.2, 0) is 33.2 Å². The number of fused-ring (bicyclic) bond motifs is 1. The van der Waals surface area contributed by atoms with E-state index < -0.39 is 17.9 Å². The van der Waals surface area contributed by atoms with Gasteiger partial charge < -0.3 is 21.1 Å². The molecule has 5 rings (SSSR count). The molecule has 14 heteroatoms. The third-order valence-electron chi connectivity index (χ3n) is 7.32. The third kappa shape index (κ3) is 5.36. The summed E-state index contributed by atoms with van der Waals surface area (Å²) in [5, 5.41) is 27.9. The number of carbonyl (C=O) groups is 3. The quantitative estimate of drug-likeness (QED) is 0.270. The lowest BCUT2D eigenvalue weighted by Gasteiger charge is -2.47. The Morgan fingerprint density at radius 1 is 1.20 bits per heavy atom. The maximum absolute atomic E-state index is 13.1. The van der Waals surface area contributed by atoms with Gasteiger partial charge in [-0.2, -0.15) is 5.10 Å². The van der Waals surface area contributed by atoms with Gasteiger partial charge in [-0.05, 0) is 41.4 Å². The minimum absolute atomic E-state index is 0.0393. The fraction of sp³-hybridized carbons (Fsp3) is 0.423. The van der Waals surface area contributed by atoms with Crippen LogP contribution in [-0.4, -0.2) is 76.4 Å². The molecule has 3 aromatic rings. The van der Waals surface area contributed by atoms with E-state index >= 15 is 0 Å². The largest absolute Gasteiger partial charge is 0.477 e. The zero-order valence-electron chi connectivity index (χ0n) is 22.2. The van der Waals surface area contributed by atoms with Crippen LogP contribution >= 0.6 is 11.8 Å². The van der Waals surface area contributed by atoms with Crippen molar-refractivity contribution >= 4 is 29.5 Å². The predicted molar refractivity (Wildman–Crippen MR) is 146 cm³/mol. The molecule has 2 amide bonds. The van der Waals surface area contributed by atoms with Gasteiger partial charge in [0.15, 0.2) is 0 Å². The Balaban J connectivity index is 1.23. The molecule has 2 aliphatic heterocycles. The molecule has 0 bridgehead atoms. The Bertz CT molecular complexity index is 1420. The van der Waals surface area contributed by atoms with E-state index in [1.54, 1.807) is 6.92 Å². The van der Waals surface area contributed by atoms with Gasteiger partial charge in [-0.1, -0.05) is 31.2 Å². The molecule has 1 fully saturated rings. The van der Waals surface area contributed by atoms with Crippen molar-refractivity contribution in [2.45, 2.75) is 51.2 Å². The van der Waals surface area contributed by atoms with E-state index in [9.17, 15) is 19.5 Å². The number of rotatable bonds is 12. The lowest BCUT2D eigenvalue weighted by molar-refractivity contribution is -0.158. The fourth-order valence-electron chi connectivity index (χ4n) is 5.37. The van der Waals surface area contributed by atoms with Crippen molar-refractivity contribution in [2.75, 3.05) is 6.54 Å². The van der Waals surface area contributed by atoms with E-state index in [0.717, 1.165) is 29.7 Å². The molecule has 0 spiro atoms. The van der Waals surface area contributed by atoms with Crippen molar-refractivity contribution in [3.63, 3.8) is 0 Å². The second kappa shape index (κ2) is 11.6. The number of carbonyl (C=O) groups excluding carboxylic acids is 2. The van der Waals surface area contributed by atoms with Gasteiger partial charge in [-0.3, -0.25) is 14.3 Å². The van der Waals surface area contributed by atoms with Crippen molar-refractivity contribution in [3.8, 4) is 11.1 Å². The average molecular weight is 566 g/mol. The Hall–Kier alpha value is -4.04. The van der Waals surface area contributed by atoms with Gasteiger partial charge in [0.25, 0.3) is 0 Å². The number of carboxylic acids is 1. The molecule has 4 atom stereocenters. The van der Waals surface area contributed by atoms with Crippen LogP contribution in [0.2, 0.25) is 0 Å². The van der Waals surface area contributed by atoms with E-state index in [1.165, 1.54) is 27.7 Å². The number of hydrogen-bond donors (Lipinski definition) is 3. The summed E-state index contributed by atoms with van der Waals surface area (Å²) < 4.78 is 3.17. The number of aryl methyl sites for hydroxylation is 1. The van der Waals surface area contributed by atoms with Crippen molar-refractivity contribution in [1.82, 2.24) is 40.2 Å². The van der Waals surface area contributed by atoms with Crippen LogP contribution in [0.5, 0.6) is 0 Å². The Kier molecular flexibility index (Phi) is 7.98. The first kappa shape index (κ1) is 27.5. The van der Waals surface area contributed by atoms with E-state index in [1.807, 2.05) is 48.3 Å². The number of carboxylic acid groups (broad SMARTS) is 1. The smallest absolute Gasteiger partial charge is 0.353 e. The number of nitrogens with zero attached hydrogens (tertiary/aromatic N) is 7. The van der Waals surface area contributed by atoms with Crippen molar-refractivity contribution in [3.05, 3.63) is 59.2 Å². The number of thioether (sulfide) groups is 1. The number of tetrazole rings is 1. The second-order valence-corrected chi connectivity index (χ2v) is 11.0. The van der Waals surface area contributed by atoms with Gasteiger partial charge in [0.05, 0.1) is 18.2 Å². The monoisotopic (exact) mass is 565 g/mol. The van der Waals surface area contributed by atoms with Crippen LogP contribution in [0.1, 0.15) is 25.8 Å². The van der Waals surface area contributed by atoms with Crippen LogP contribution in [0.3, 0.4) is 0 Å². The summed E-state index contributed by atoms with van der Waals surface area (Å²) in [5.41, 5.74) is 8.72. The first-order chi connectivity index (χ1) is 19.3. The molecule has 40 heavy (non-hydrogen) atoms. The summed E-state index contributed by atoms with van der Waals surface area (Å²) >= 11 is 1.44. The Morgan fingerprint density at radius 2 is 1.98 bits per heavy atom. The third-order valence-corrected chi connectivity index (χ3v) is 8.68. The molecular weight excluding hydrogens is 534 g/mol. The number of nitrogens with two attached hydrogens (primary N) is 1. The van der Waals surface area contributed by atoms with Gasteiger partial charge in [-0.15, -0.1) is 16.9 Å². The first-order valence-corrected chi connectivity index (χ1v) is 14.0. The molecule has 210 valence electrons. The average Bonchev–Trinajstić information content (AvgIpc) is 3.66. The van der Waals surface area contributed by atoms with E-state index in [4.69, 9.17) is 5.73 Å². The highest BCUT2D eigenvalue weighted by Gasteiger charge is 2.60. The summed E-state index contributed by atoms with van der Waals surface area (Å²) in [6.45, 7) is 5.02. The van der Waals surface area contributed by atoms with E-state index in [-0.39, 0.29) is 36.0 Å². The number of β-lactam (4-membered cyclic amide) rings is 1. The molecule has 0 aliphatic carbocycles. The minimum atomic E-state index is -1.12. The normalized spacial score (nSPS) is 20.8. The molecular formula is C26H31N9O4S. The molecule has 1 aromatic carbocycles. The van der Waals surface area contributed by atoms with Gasteiger partial charge in [0.1, 0.15) is 18.6 Å². The van der Waals surface area contributed by atoms with E-state index in [2.05, 4.69) is 25.9 Å². The van der Waals surface area contributed by atoms with Crippen molar-refractivity contribution in [1.29, 1.82) is 0 Å². The highest BCUT2D eigenvalue weighted by molar-refractivity contribution is 8.02. The molecule has 0 radical (unpaired) electrons. The maximum Gasteiger partial charge on any atom is 0.353 e. The molecule has 0 saturated carbocycles. The number of nitrogens with one attached hydrogen (secondary N) is 1. The molecule has 2 aliphatic rings. The lowest BCUT2D eigenvalue weighted by atomic mass is 9.78. The highest BCUT2D eigenvalue weighted by atomic mass is 32.2. The summed E-state index contributed by atoms with van der Waals surface area (Å²) in [5.74, 6) is -1.90. The number of hydrogen-bond acceptors (Lipinski definition) is 9. The second-order valence-electron chi connectivity index (χ2n) is 10.0. The Morgan fingerprint density at radius 3 is 2.65 bits per heavy atom. The van der Waals surface area contributed by atoms with Gasteiger partial charge in [0.2, 0.25) is 11.8 Å². The topological polar surface area (TPSA) is 174 Å². The molecule has 2 aromatic heterocycles. The standard InChI is InChI=1S/C26H31N9O4S/c1-15-22-21(16(2)30-20(36)12-34-14-28-31-32-34)25(37)35(22)23(26(38)39)24(15)40-13-17-4-6-18(7-5-17)19-10-29-33(11-19)9-3-8-27/h4-7,10-11,14-16,21-22H,3,8-9,12-13,27H2,1-2H3,(H,30,36)(H,38,39)/t15-,16?,21-,22-/m1/s1. The van der Waals surface area contributed by atoms with Crippen LogP contribution in [0.4, 0.5) is 0 Å². The SMILES string of the molecule is CC(NC(=O)Cn1cnnn1)[C@H]1C(=O)N2C(C(=O)O)=C(SCc3ccc(-c4cnn(CCCN)c4)cc3)[C@H](C)[C@H]12. The molecule has 1 unspecified atom stereocenters. The predicted octanol–water partition coefficient (Wildman–Crippen LogP) is 1.10. The lowest BCUT2D eigenvalue weighted by Crippen LogP contribution is -2.66. The number of aliphatic carboxylic acids is 1. The van der Waals surface area contributed by atoms with Crippen LogP contribution < -0.4 is 11.1 Å². The zero-order valence-corrected chi connectivity index (χ0v) is 23.0. The van der Waals surface area contributed by atoms with E-state index in [0.29, 0.717) is 17.2 Å². The molecule has 4 heterocycles. The zero-order chi connectivity index (χ0) is 28.4. The van der Waals surface area contributed by atoms with Gasteiger partial charge in [0, 0.05) is 40.9 Å². The number of benzene rings is 1. The van der Waals surface area contributed by atoms with Crippen LogP contribution in [0.15, 0.2) is 53.6 Å². The summed E-state index contributed by atoms with van der Waals surface area (Å²) in [7, 11) is 0. The molecule has 4 N–H and O–H groups in total. The van der Waals surface area contributed by atoms with Gasteiger partial charge >= 0.3 is 5.97 Å². The Labute approximate surface area is 234 Å². The minimum Gasteiger partial charge on any atom is -0.477 e. The van der Waals surface area contributed by atoms with Gasteiger partial charge in [-0.25, -0.2) is 9.48 Å². The molecule has 13 nitrogen and oxygen atoms in total. The first-order valence-electron chi connectivity index (χ1n) is 13.0. The highest BCUT2D eigenvalue weighted by Crippen LogP contribution is 2.51. The van der Waals surface area contributed by atoms with Crippen LogP contribution in [0, 0.1) is 11.8 Å².